The molecule has 0 spiro atoms. The number of aliphatic hydroxyl groups is 1. The maximum atomic E-state index is 12.9. The Balaban J connectivity index is 1.22. The van der Waals surface area contributed by atoms with E-state index in [1.54, 1.807) is 12.2 Å². The Morgan fingerprint density at radius 3 is 2.12 bits per heavy atom. The molecule has 1 aliphatic carbocycles. The largest absolute Gasteiger partial charge is 0.462 e. The van der Waals surface area contributed by atoms with Crippen molar-refractivity contribution in [2.45, 2.75) is 50.1 Å². The smallest absolute Gasteiger partial charge is 0.407 e. The van der Waals surface area contributed by atoms with E-state index in [1.807, 2.05) is 66.7 Å². The summed E-state index contributed by atoms with van der Waals surface area (Å²) in [5.74, 6) is -2.25. The van der Waals surface area contributed by atoms with Gasteiger partial charge in [-0.25, -0.2) is 9.59 Å². The molecule has 0 radical (unpaired) electrons. The zero-order valence-corrected chi connectivity index (χ0v) is 27.6. The van der Waals surface area contributed by atoms with Gasteiger partial charge in [-0.3, -0.25) is 9.59 Å². The fourth-order valence-corrected chi connectivity index (χ4v) is 5.94. The first-order chi connectivity index (χ1) is 23.8. The van der Waals surface area contributed by atoms with Crippen molar-refractivity contribution in [2.24, 2.45) is 5.92 Å². The molecule has 0 saturated carbocycles. The van der Waals surface area contributed by atoms with Crippen LogP contribution in [0.1, 0.15) is 48.3 Å². The molecule has 3 aromatic carbocycles. The number of esters is 1. The summed E-state index contributed by atoms with van der Waals surface area (Å²) < 4.78 is 11.0. The average molecular weight is 668 g/mol. The van der Waals surface area contributed by atoms with Crippen LogP contribution in [-0.4, -0.2) is 67.4 Å². The second-order valence-corrected chi connectivity index (χ2v) is 11.9. The van der Waals surface area contributed by atoms with Gasteiger partial charge in [0.15, 0.2) is 0 Å². The quantitative estimate of drug-likeness (QED) is 0.0816. The van der Waals surface area contributed by atoms with E-state index in [0.29, 0.717) is 12.8 Å². The molecule has 4 N–H and O–H groups in total. The first-order valence-corrected chi connectivity index (χ1v) is 16.6. The van der Waals surface area contributed by atoms with Gasteiger partial charge < -0.3 is 30.5 Å². The molecular formula is C39H45N3O7. The minimum Gasteiger partial charge on any atom is -0.462 e. The van der Waals surface area contributed by atoms with Crippen LogP contribution in [0.4, 0.5) is 4.79 Å². The Bertz CT molecular complexity index is 1550. The third-order valence-corrected chi connectivity index (χ3v) is 8.39. The summed E-state index contributed by atoms with van der Waals surface area (Å²) in [5, 5.41) is 17.9. The number of carbonyl (C=O) groups is 4. The number of carbonyl (C=O) groups excluding carboxylic acids is 4. The standard InChI is InChI=1S/C39H45N3O7/c1-3-5-20-35(42-39(47)49-26-34-32-18-11-9-16-30(32)31-17-10-12-19-33(31)34)38(46)48-22-21-40-37(45)28(13-4-2)24-36(44)41-29(25-43)23-27-14-7-6-8-15-27/h3-4,6-12,14-19,28-29,34-35,43H,1-2,5,13,20-26H2,(H,40,45)(H,41,44)(H,42,47). The summed E-state index contributed by atoms with van der Waals surface area (Å²) >= 11 is 0. The van der Waals surface area contributed by atoms with E-state index in [2.05, 4.69) is 41.2 Å². The monoisotopic (exact) mass is 667 g/mol. The van der Waals surface area contributed by atoms with Gasteiger partial charge in [-0.05, 0) is 53.5 Å². The minimum absolute atomic E-state index is 0.00618. The van der Waals surface area contributed by atoms with Crippen molar-refractivity contribution in [3.05, 3.63) is 121 Å². The number of alkyl carbamates (subject to hydrolysis) is 1. The van der Waals surface area contributed by atoms with Crippen molar-refractivity contribution in [3.8, 4) is 11.1 Å². The first-order valence-electron chi connectivity index (χ1n) is 16.6. The fraction of sp³-hybridized carbons (Fsp3) is 0.333. The number of hydrogen-bond donors (Lipinski definition) is 4. The second-order valence-electron chi connectivity index (χ2n) is 11.9. The van der Waals surface area contributed by atoms with E-state index >= 15 is 0 Å². The summed E-state index contributed by atoms with van der Waals surface area (Å²) in [4.78, 5) is 51.4. The van der Waals surface area contributed by atoms with Crippen LogP contribution in [0, 0.1) is 5.92 Å². The van der Waals surface area contributed by atoms with Gasteiger partial charge in [-0.1, -0.05) is 91.0 Å². The molecule has 0 aromatic heterocycles. The zero-order valence-electron chi connectivity index (χ0n) is 27.6. The average Bonchev–Trinajstić information content (AvgIpc) is 3.44. The van der Waals surface area contributed by atoms with Crippen LogP contribution >= 0.6 is 0 Å². The molecule has 0 fully saturated rings. The number of amides is 3. The normalized spacial score (nSPS) is 13.5. The molecule has 258 valence electrons. The van der Waals surface area contributed by atoms with Gasteiger partial charge in [0.05, 0.1) is 25.1 Å². The molecule has 3 atom stereocenters. The van der Waals surface area contributed by atoms with Crippen LogP contribution < -0.4 is 16.0 Å². The van der Waals surface area contributed by atoms with Crippen LogP contribution in [0.3, 0.4) is 0 Å². The number of benzene rings is 3. The Hall–Kier alpha value is -5.22. The van der Waals surface area contributed by atoms with Crippen molar-refractivity contribution in [1.82, 2.24) is 16.0 Å². The topological polar surface area (TPSA) is 143 Å². The highest BCUT2D eigenvalue weighted by Gasteiger charge is 2.30. The summed E-state index contributed by atoms with van der Waals surface area (Å²) in [5.41, 5.74) is 5.35. The molecule has 3 aromatic rings. The number of hydrogen-bond acceptors (Lipinski definition) is 7. The summed E-state index contributed by atoms with van der Waals surface area (Å²) in [7, 11) is 0. The predicted molar refractivity (Wildman–Crippen MR) is 187 cm³/mol. The van der Waals surface area contributed by atoms with Crippen molar-refractivity contribution < 1.29 is 33.8 Å². The van der Waals surface area contributed by atoms with E-state index in [-0.39, 0.29) is 57.5 Å². The molecule has 0 aliphatic heterocycles. The highest BCUT2D eigenvalue weighted by Crippen LogP contribution is 2.44. The Morgan fingerprint density at radius 2 is 1.49 bits per heavy atom. The van der Waals surface area contributed by atoms with Gasteiger partial charge >= 0.3 is 12.1 Å². The van der Waals surface area contributed by atoms with E-state index in [0.717, 1.165) is 27.8 Å². The molecule has 10 heteroatoms. The van der Waals surface area contributed by atoms with Crippen LogP contribution in [0.5, 0.6) is 0 Å². The first kappa shape index (κ1) is 36.6. The summed E-state index contributed by atoms with van der Waals surface area (Å²) in [6.45, 7) is 7.12. The van der Waals surface area contributed by atoms with Crippen LogP contribution in [-0.2, 0) is 30.3 Å². The molecule has 10 nitrogen and oxygen atoms in total. The lowest BCUT2D eigenvalue weighted by molar-refractivity contribution is -0.146. The van der Waals surface area contributed by atoms with Crippen LogP contribution in [0.15, 0.2) is 104 Å². The lowest BCUT2D eigenvalue weighted by Gasteiger charge is -2.20. The van der Waals surface area contributed by atoms with E-state index < -0.39 is 36.0 Å². The number of ether oxygens (including phenoxy) is 2. The maximum Gasteiger partial charge on any atom is 0.407 e. The van der Waals surface area contributed by atoms with Gasteiger partial charge in [-0.2, -0.15) is 0 Å². The lowest BCUT2D eigenvalue weighted by Crippen LogP contribution is -2.43. The van der Waals surface area contributed by atoms with Gasteiger partial charge in [0.2, 0.25) is 11.8 Å². The van der Waals surface area contributed by atoms with Gasteiger partial charge in [-0.15, -0.1) is 13.2 Å². The van der Waals surface area contributed by atoms with Crippen molar-refractivity contribution in [3.63, 3.8) is 0 Å². The van der Waals surface area contributed by atoms with Crippen molar-refractivity contribution >= 4 is 23.9 Å². The van der Waals surface area contributed by atoms with Gasteiger partial charge in [0.1, 0.15) is 19.3 Å². The third kappa shape index (κ3) is 10.6. The predicted octanol–water partition coefficient (Wildman–Crippen LogP) is 4.82. The Labute approximate surface area is 287 Å². The summed E-state index contributed by atoms with van der Waals surface area (Å²) in [6, 6.07) is 24.1. The number of rotatable bonds is 19. The lowest BCUT2D eigenvalue weighted by atomic mass is 9.98. The Morgan fingerprint density at radius 1 is 0.837 bits per heavy atom. The SMILES string of the molecule is C=CCCC(NC(=O)OCC1c2ccccc2-c2ccccc21)C(=O)OCCNC(=O)C(CC=C)CC(=O)NC(CO)Cc1ccccc1. The Kier molecular flexibility index (Phi) is 14.2. The summed E-state index contributed by atoms with van der Waals surface area (Å²) in [6.07, 6.45) is 3.79. The van der Waals surface area contributed by atoms with Crippen LogP contribution in [0.25, 0.3) is 11.1 Å². The van der Waals surface area contributed by atoms with Crippen LogP contribution in [0.2, 0.25) is 0 Å². The van der Waals surface area contributed by atoms with Gasteiger partial charge in [0.25, 0.3) is 0 Å². The highest BCUT2D eigenvalue weighted by molar-refractivity contribution is 5.86. The molecular weight excluding hydrogens is 622 g/mol. The van der Waals surface area contributed by atoms with E-state index in [1.165, 1.54) is 0 Å². The van der Waals surface area contributed by atoms with Gasteiger partial charge in [0, 0.05) is 12.3 Å². The number of aliphatic hydroxyl groups excluding tert-OH is 1. The third-order valence-electron chi connectivity index (χ3n) is 8.39. The molecule has 3 unspecified atom stereocenters. The number of allylic oxidation sites excluding steroid dienone is 2. The fourth-order valence-electron chi connectivity index (χ4n) is 5.94. The molecule has 0 heterocycles. The molecule has 0 saturated heterocycles. The molecule has 4 rings (SSSR count). The zero-order chi connectivity index (χ0) is 35.0. The van der Waals surface area contributed by atoms with E-state index in [4.69, 9.17) is 9.47 Å². The molecule has 49 heavy (non-hydrogen) atoms. The maximum absolute atomic E-state index is 12.9. The second kappa shape index (κ2) is 18.9. The molecule has 1 aliphatic rings. The van der Waals surface area contributed by atoms with Crippen molar-refractivity contribution in [2.75, 3.05) is 26.4 Å². The van der Waals surface area contributed by atoms with Crippen molar-refractivity contribution in [1.29, 1.82) is 0 Å². The number of nitrogens with one attached hydrogen (secondary N) is 3. The number of fused-ring (bicyclic) bond motifs is 3. The molecule has 3 amide bonds. The highest BCUT2D eigenvalue weighted by atomic mass is 16.6. The molecule has 0 bridgehead atoms. The van der Waals surface area contributed by atoms with E-state index in [9.17, 15) is 24.3 Å². The minimum atomic E-state index is -0.975.